The monoisotopic (exact) mass is 470 g/mol. The molecule has 0 aliphatic heterocycles. The number of pyridine rings is 1. The van der Waals surface area contributed by atoms with Gasteiger partial charge in [-0.15, -0.1) is 0 Å². The fourth-order valence-corrected chi connectivity index (χ4v) is 3.53. The van der Waals surface area contributed by atoms with Gasteiger partial charge in [-0.25, -0.2) is 13.3 Å². The van der Waals surface area contributed by atoms with Gasteiger partial charge in [0, 0.05) is 36.7 Å². The summed E-state index contributed by atoms with van der Waals surface area (Å²) in [7, 11) is 0. The topological polar surface area (TPSA) is 64.6 Å². The lowest BCUT2D eigenvalue weighted by atomic mass is 9.97. The summed E-state index contributed by atoms with van der Waals surface area (Å²) in [5.41, 5.74) is 7.89. The molecule has 3 N–H and O–H groups in total. The van der Waals surface area contributed by atoms with Crippen LogP contribution in [-0.2, 0) is 13.2 Å². The number of hydrogen-bond donors (Lipinski definition) is 2. The first-order valence-electron chi connectivity index (χ1n) is 10.5. The van der Waals surface area contributed by atoms with Crippen LogP contribution in [0.2, 0.25) is 0 Å². The Morgan fingerprint density at radius 2 is 1.73 bits per heavy atom. The zero-order valence-electron chi connectivity index (χ0n) is 18.7. The number of halogens is 5. The number of aromatic nitrogens is 2. The quantitative estimate of drug-likeness (QED) is 0.434. The fraction of sp³-hybridized carbons (Fsp3) is 0.435. The van der Waals surface area contributed by atoms with Crippen LogP contribution in [-0.4, -0.2) is 27.9 Å². The molecule has 5 nitrogen and oxygen atoms in total. The molecule has 1 atom stereocenters. The molecule has 1 unspecified atom stereocenters. The zero-order chi connectivity index (χ0) is 24.4. The maximum Gasteiger partial charge on any atom is 0.389 e. The Morgan fingerprint density at radius 3 is 2.36 bits per heavy atom. The van der Waals surface area contributed by atoms with Crippen molar-refractivity contribution in [1.29, 1.82) is 0 Å². The van der Waals surface area contributed by atoms with E-state index in [1.165, 1.54) is 6.07 Å². The number of aryl methyl sites for hydroxylation is 2. The predicted molar refractivity (Wildman–Crippen MR) is 115 cm³/mol. The predicted octanol–water partition coefficient (Wildman–Crippen LogP) is 4.96. The molecule has 0 saturated heterocycles. The maximum atomic E-state index is 13.9. The first-order chi connectivity index (χ1) is 15.4. The van der Waals surface area contributed by atoms with Gasteiger partial charge in [0.15, 0.2) is 0 Å². The summed E-state index contributed by atoms with van der Waals surface area (Å²) in [6.45, 7) is 5.43. The number of ether oxygens (including phenoxy) is 1. The second-order valence-corrected chi connectivity index (χ2v) is 8.59. The highest BCUT2D eigenvalue weighted by atomic mass is 19.4. The lowest BCUT2D eigenvalue weighted by Gasteiger charge is -2.25. The van der Waals surface area contributed by atoms with Crippen molar-refractivity contribution in [3.8, 4) is 5.88 Å². The standard InChI is InChI=1S/C23H27F5N4O/c1-14-9-20-16(11-30-13-22(3,29)7-8-23(26,27)28)15(2)31-32(20)21(10-14)33-12-17-18(24)5-4-6-19(17)25/h4-6,9-10,30H,7-8,11-13,29H2,1-3H3. The van der Waals surface area contributed by atoms with Crippen molar-refractivity contribution in [3.05, 3.63) is 64.4 Å². The van der Waals surface area contributed by atoms with Crippen molar-refractivity contribution in [2.24, 2.45) is 5.73 Å². The summed E-state index contributed by atoms with van der Waals surface area (Å²) in [5.74, 6) is -1.08. The lowest BCUT2D eigenvalue weighted by molar-refractivity contribution is -0.138. The van der Waals surface area contributed by atoms with E-state index in [4.69, 9.17) is 10.5 Å². The maximum absolute atomic E-state index is 13.9. The highest BCUT2D eigenvalue weighted by Gasteiger charge is 2.31. The van der Waals surface area contributed by atoms with E-state index in [1.807, 2.05) is 13.0 Å². The highest BCUT2D eigenvalue weighted by molar-refractivity contribution is 5.59. The smallest absolute Gasteiger partial charge is 0.389 e. The summed E-state index contributed by atoms with van der Waals surface area (Å²) < 4.78 is 72.7. The van der Waals surface area contributed by atoms with Crippen LogP contribution in [0.25, 0.3) is 5.52 Å². The molecule has 0 fully saturated rings. The van der Waals surface area contributed by atoms with Gasteiger partial charge in [0.1, 0.15) is 18.2 Å². The Balaban J connectivity index is 1.75. The van der Waals surface area contributed by atoms with E-state index >= 15 is 0 Å². The molecule has 10 heteroatoms. The Kier molecular flexibility index (Phi) is 7.28. The molecule has 0 radical (unpaired) electrons. The van der Waals surface area contributed by atoms with Gasteiger partial charge in [-0.05, 0) is 51.0 Å². The molecular formula is C23H27F5N4O. The number of hydrogen-bond acceptors (Lipinski definition) is 4. The van der Waals surface area contributed by atoms with Crippen molar-refractivity contribution in [1.82, 2.24) is 14.9 Å². The van der Waals surface area contributed by atoms with Gasteiger partial charge in [0.05, 0.1) is 16.8 Å². The van der Waals surface area contributed by atoms with Crippen LogP contribution in [0.1, 0.15) is 42.1 Å². The summed E-state index contributed by atoms with van der Waals surface area (Å²) in [4.78, 5) is 0. The van der Waals surface area contributed by atoms with Crippen molar-refractivity contribution >= 4 is 5.52 Å². The van der Waals surface area contributed by atoms with Gasteiger partial charge in [-0.2, -0.15) is 18.3 Å². The Hall–Kier alpha value is -2.72. The Bertz CT molecular complexity index is 1100. The molecule has 2 heterocycles. The molecule has 33 heavy (non-hydrogen) atoms. The number of benzene rings is 1. The molecular weight excluding hydrogens is 443 g/mol. The second-order valence-electron chi connectivity index (χ2n) is 8.59. The number of nitrogens with one attached hydrogen (secondary N) is 1. The van der Waals surface area contributed by atoms with Gasteiger partial charge in [-0.3, -0.25) is 0 Å². The molecule has 0 spiro atoms. The SMILES string of the molecule is Cc1cc(OCc2c(F)cccc2F)n2nc(C)c(CNCC(C)(N)CCC(F)(F)F)c2c1. The highest BCUT2D eigenvalue weighted by Crippen LogP contribution is 2.26. The van der Waals surface area contributed by atoms with E-state index in [9.17, 15) is 22.0 Å². The Labute approximate surface area is 188 Å². The average Bonchev–Trinajstić information content (AvgIpc) is 3.01. The number of rotatable bonds is 9. The minimum atomic E-state index is -4.25. The van der Waals surface area contributed by atoms with Gasteiger partial charge in [0.2, 0.25) is 5.88 Å². The van der Waals surface area contributed by atoms with Crippen LogP contribution in [0, 0.1) is 25.5 Å². The zero-order valence-corrected chi connectivity index (χ0v) is 18.7. The van der Waals surface area contributed by atoms with E-state index in [1.54, 1.807) is 24.4 Å². The van der Waals surface area contributed by atoms with Crippen LogP contribution in [0.4, 0.5) is 22.0 Å². The molecule has 180 valence electrons. The molecule has 3 rings (SSSR count). The second kappa shape index (κ2) is 9.64. The summed E-state index contributed by atoms with van der Waals surface area (Å²) >= 11 is 0. The fourth-order valence-electron chi connectivity index (χ4n) is 3.53. The van der Waals surface area contributed by atoms with E-state index in [2.05, 4.69) is 10.4 Å². The summed E-state index contributed by atoms with van der Waals surface area (Å²) in [6, 6.07) is 7.21. The number of fused-ring (bicyclic) bond motifs is 1. The van der Waals surface area contributed by atoms with Gasteiger partial charge < -0.3 is 15.8 Å². The minimum Gasteiger partial charge on any atom is -0.473 e. The van der Waals surface area contributed by atoms with Crippen molar-refractivity contribution in [2.75, 3.05) is 6.54 Å². The molecule has 1 aromatic carbocycles. The molecule has 0 saturated carbocycles. The molecule has 0 amide bonds. The van der Waals surface area contributed by atoms with E-state index in [0.29, 0.717) is 18.1 Å². The third-order valence-corrected chi connectivity index (χ3v) is 5.38. The average molecular weight is 470 g/mol. The molecule has 0 aliphatic rings. The van der Waals surface area contributed by atoms with Gasteiger partial charge in [0.25, 0.3) is 0 Å². The first kappa shape index (κ1) is 24.9. The van der Waals surface area contributed by atoms with Crippen LogP contribution in [0.5, 0.6) is 5.88 Å². The van der Waals surface area contributed by atoms with E-state index < -0.39 is 29.8 Å². The van der Waals surface area contributed by atoms with E-state index in [-0.39, 0.29) is 25.1 Å². The third kappa shape index (κ3) is 6.42. The molecule has 3 aromatic rings. The third-order valence-electron chi connectivity index (χ3n) is 5.38. The van der Waals surface area contributed by atoms with Crippen LogP contribution >= 0.6 is 0 Å². The van der Waals surface area contributed by atoms with Crippen LogP contribution in [0.3, 0.4) is 0 Å². The van der Waals surface area contributed by atoms with Crippen molar-refractivity contribution in [3.63, 3.8) is 0 Å². The summed E-state index contributed by atoms with van der Waals surface area (Å²) in [6.07, 6.45) is -5.39. The first-order valence-corrected chi connectivity index (χ1v) is 10.5. The summed E-state index contributed by atoms with van der Waals surface area (Å²) in [5, 5.41) is 7.60. The number of alkyl halides is 3. The normalized spacial score (nSPS) is 14.0. The minimum absolute atomic E-state index is 0.181. The molecule has 2 aromatic heterocycles. The van der Waals surface area contributed by atoms with Crippen LogP contribution < -0.4 is 15.8 Å². The van der Waals surface area contributed by atoms with Crippen molar-refractivity contribution < 1.29 is 26.7 Å². The molecule has 0 aliphatic carbocycles. The largest absolute Gasteiger partial charge is 0.473 e. The van der Waals surface area contributed by atoms with Crippen LogP contribution in [0.15, 0.2) is 30.3 Å². The number of nitrogens with two attached hydrogens (primary N) is 1. The Morgan fingerprint density at radius 1 is 1.06 bits per heavy atom. The van der Waals surface area contributed by atoms with Gasteiger partial charge >= 0.3 is 6.18 Å². The number of nitrogens with zero attached hydrogens (tertiary/aromatic N) is 2. The lowest BCUT2D eigenvalue weighted by Crippen LogP contribution is -2.46. The molecule has 0 bridgehead atoms. The van der Waals surface area contributed by atoms with Crippen molar-refractivity contribution in [2.45, 2.75) is 58.5 Å². The van der Waals surface area contributed by atoms with E-state index in [0.717, 1.165) is 28.8 Å². The van der Waals surface area contributed by atoms with Gasteiger partial charge in [-0.1, -0.05) is 6.07 Å².